The van der Waals surface area contributed by atoms with Gasteiger partial charge in [0.15, 0.2) is 0 Å². The summed E-state index contributed by atoms with van der Waals surface area (Å²) >= 11 is 0. The summed E-state index contributed by atoms with van der Waals surface area (Å²) in [6, 6.07) is 14.2. The Kier molecular flexibility index (Phi) is 5.69. The second kappa shape index (κ2) is 7.94. The third-order valence-corrected chi connectivity index (χ3v) is 3.40. The van der Waals surface area contributed by atoms with E-state index < -0.39 is 5.97 Å². The van der Waals surface area contributed by atoms with E-state index >= 15 is 0 Å². The molecule has 23 heavy (non-hydrogen) atoms. The Balaban J connectivity index is 2.13. The van der Waals surface area contributed by atoms with Crippen LogP contribution in [0.25, 0.3) is 6.08 Å². The zero-order valence-electron chi connectivity index (χ0n) is 13.0. The van der Waals surface area contributed by atoms with E-state index in [2.05, 4.69) is 12.2 Å². The molecular formula is C19H19NO3. The van der Waals surface area contributed by atoms with Gasteiger partial charge in [0.1, 0.15) is 0 Å². The second-order valence-electron chi connectivity index (χ2n) is 5.12. The minimum atomic E-state index is -1.07. The monoisotopic (exact) mass is 309 g/mol. The minimum absolute atomic E-state index is 0.0700. The maximum absolute atomic E-state index is 12.0. The molecule has 2 aromatic rings. The Labute approximate surface area is 135 Å². The number of hydrogen-bond donors (Lipinski definition) is 2. The second-order valence-corrected chi connectivity index (χ2v) is 5.12. The number of benzene rings is 2. The summed E-state index contributed by atoms with van der Waals surface area (Å²) in [4.78, 5) is 23.2. The molecule has 0 aliphatic carbocycles. The van der Waals surface area contributed by atoms with E-state index in [1.807, 2.05) is 24.3 Å². The van der Waals surface area contributed by atoms with Crippen LogP contribution in [0.3, 0.4) is 0 Å². The van der Waals surface area contributed by atoms with E-state index in [0.29, 0.717) is 0 Å². The van der Waals surface area contributed by atoms with Gasteiger partial charge in [0.2, 0.25) is 5.91 Å². The summed E-state index contributed by atoms with van der Waals surface area (Å²) in [5, 5.41) is 11.7. The molecule has 0 fully saturated rings. The number of amides is 1. The van der Waals surface area contributed by atoms with E-state index in [4.69, 9.17) is 5.11 Å². The Morgan fingerprint density at radius 2 is 1.78 bits per heavy atom. The Morgan fingerprint density at radius 1 is 1.09 bits per heavy atom. The summed E-state index contributed by atoms with van der Waals surface area (Å²) in [5.74, 6) is -1.43. The van der Waals surface area contributed by atoms with Crippen molar-refractivity contribution in [2.75, 3.05) is 5.32 Å². The van der Waals surface area contributed by atoms with Crippen LogP contribution in [0.5, 0.6) is 0 Å². The largest absolute Gasteiger partial charge is 0.478 e. The van der Waals surface area contributed by atoms with Gasteiger partial charge < -0.3 is 10.4 Å². The molecule has 0 aliphatic rings. The van der Waals surface area contributed by atoms with Gasteiger partial charge in [0.05, 0.1) is 11.3 Å². The molecule has 4 heteroatoms. The van der Waals surface area contributed by atoms with Gasteiger partial charge in [0, 0.05) is 6.08 Å². The molecule has 0 atom stereocenters. The predicted molar refractivity (Wildman–Crippen MR) is 91.5 cm³/mol. The average molecular weight is 309 g/mol. The lowest BCUT2D eigenvalue weighted by molar-refractivity contribution is -0.111. The summed E-state index contributed by atoms with van der Waals surface area (Å²) < 4.78 is 0. The molecule has 0 heterocycles. The van der Waals surface area contributed by atoms with E-state index in [1.165, 1.54) is 17.7 Å². The summed E-state index contributed by atoms with van der Waals surface area (Å²) in [6.07, 6.45) is 5.16. The van der Waals surface area contributed by atoms with E-state index in [1.54, 1.807) is 24.3 Å². The molecule has 0 spiro atoms. The van der Waals surface area contributed by atoms with Crippen molar-refractivity contribution in [2.45, 2.75) is 19.8 Å². The maximum atomic E-state index is 12.0. The lowest BCUT2D eigenvalue weighted by Gasteiger charge is -2.06. The van der Waals surface area contributed by atoms with Gasteiger partial charge in [-0.15, -0.1) is 0 Å². The van der Waals surface area contributed by atoms with Crippen molar-refractivity contribution in [3.05, 3.63) is 71.3 Å². The molecule has 4 nitrogen and oxygen atoms in total. The molecule has 0 aliphatic heterocycles. The first kappa shape index (κ1) is 16.5. The zero-order valence-corrected chi connectivity index (χ0v) is 13.0. The highest BCUT2D eigenvalue weighted by Crippen LogP contribution is 2.16. The van der Waals surface area contributed by atoms with Crippen molar-refractivity contribution in [1.29, 1.82) is 0 Å². The molecule has 0 saturated heterocycles. The van der Waals surface area contributed by atoms with Crippen molar-refractivity contribution in [3.8, 4) is 0 Å². The fourth-order valence-electron chi connectivity index (χ4n) is 2.31. The van der Waals surface area contributed by atoms with E-state index in [9.17, 15) is 9.59 Å². The number of carbonyl (C=O) groups excluding carboxylic acids is 1. The Bertz CT molecular complexity index is 735. The van der Waals surface area contributed by atoms with Gasteiger partial charge in [0.25, 0.3) is 0 Å². The smallest absolute Gasteiger partial charge is 0.337 e. The molecule has 2 rings (SSSR count). The number of hydrogen-bond acceptors (Lipinski definition) is 2. The first-order chi connectivity index (χ1) is 11.1. The number of anilines is 1. The summed E-state index contributed by atoms with van der Waals surface area (Å²) in [6.45, 7) is 2.11. The van der Waals surface area contributed by atoms with Gasteiger partial charge in [-0.1, -0.05) is 49.7 Å². The lowest BCUT2D eigenvalue weighted by atomic mass is 10.0. The van der Waals surface area contributed by atoms with Crippen LogP contribution >= 0.6 is 0 Å². The fraction of sp³-hybridized carbons (Fsp3) is 0.158. The van der Waals surface area contributed by atoms with Gasteiger partial charge in [-0.3, -0.25) is 4.79 Å². The number of rotatable bonds is 6. The number of carboxylic acids is 1. The van der Waals surface area contributed by atoms with Crippen LogP contribution in [0.15, 0.2) is 54.6 Å². The quantitative estimate of drug-likeness (QED) is 0.793. The van der Waals surface area contributed by atoms with E-state index in [0.717, 1.165) is 18.4 Å². The van der Waals surface area contributed by atoms with Gasteiger partial charge in [-0.25, -0.2) is 4.79 Å². The van der Waals surface area contributed by atoms with Crippen molar-refractivity contribution in [2.24, 2.45) is 0 Å². The highest BCUT2D eigenvalue weighted by molar-refractivity contribution is 6.06. The number of nitrogens with one attached hydrogen (secondary N) is 1. The van der Waals surface area contributed by atoms with Crippen molar-refractivity contribution in [3.63, 3.8) is 0 Å². The number of aromatic carboxylic acids is 1. The highest BCUT2D eigenvalue weighted by Gasteiger charge is 2.10. The van der Waals surface area contributed by atoms with E-state index in [-0.39, 0.29) is 17.2 Å². The first-order valence-corrected chi connectivity index (χ1v) is 7.51. The molecule has 2 N–H and O–H groups in total. The molecule has 0 radical (unpaired) electrons. The average Bonchev–Trinajstić information content (AvgIpc) is 2.54. The van der Waals surface area contributed by atoms with Crippen molar-refractivity contribution in [1.82, 2.24) is 0 Å². The van der Waals surface area contributed by atoms with Gasteiger partial charge >= 0.3 is 5.97 Å². The van der Waals surface area contributed by atoms with Crippen LogP contribution < -0.4 is 5.32 Å². The molecule has 1 amide bonds. The molecule has 0 unspecified atom stereocenters. The van der Waals surface area contributed by atoms with Crippen LogP contribution in [0.4, 0.5) is 5.69 Å². The normalized spacial score (nSPS) is 10.7. The van der Waals surface area contributed by atoms with Crippen LogP contribution in [-0.4, -0.2) is 17.0 Å². The third kappa shape index (κ3) is 4.54. The fourth-order valence-corrected chi connectivity index (χ4v) is 2.31. The van der Waals surface area contributed by atoms with Gasteiger partial charge in [-0.05, 0) is 35.8 Å². The molecule has 0 aromatic heterocycles. The molecule has 2 aromatic carbocycles. The van der Waals surface area contributed by atoms with Crippen LogP contribution in [0.2, 0.25) is 0 Å². The summed E-state index contributed by atoms with van der Waals surface area (Å²) in [7, 11) is 0. The number of carbonyl (C=O) groups is 2. The third-order valence-electron chi connectivity index (χ3n) is 3.40. The lowest BCUT2D eigenvalue weighted by Crippen LogP contribution is -2.11. The highest BCUT2D eigenvalue weighted by atomic mass is 16.4. The molecule has 0 saturated carbocycles. The number of para-hydroxylation sites is 1. The molecular weight excluding hydrogens is 290 g/mol. The Hall–Kier alpha value is -2.88. The predicted octanol–water partition coefficient (Wildman–Crippen LogP) is 3.99. The minimum Gasteiger partial charge on any atom is -0.478 e. The number of carboxylic acid groups (broad SMARTS) is 1. The molecule has 118 valence electrons. The van der Waals surface area contributed by atoms with Crippen molar-refractivity contribution >= 4 is 23.6 Å². The molecule has 0 bridgehead atoms. The van der Waals surface area contributed by atoms with Crippen LogP contribution in [0, 0.1) is 0 Å². The van der Waals surface area contributed by atoms with Crippen LogP contribution in [0.1, 0.15) is 34.8 Å². The zero-order chi connectivity index (χ0) is 16.7. The maximum Gasteiger partial charge on any atom is 0.337 e. The number of aryl methyl sites for hydroxylation is 1. The SMILES string of the molecule is CCCc1ccccc1C=CC(=O)Nc1ccccc1C(=O)O. The topological polar surface area (TPSA) is 66.4 Å². The standard InChI is InChI=1S/C19H19NO3/c1-2-7-14-8-3-4-9-15(14)12-13-18(21)20-17-11-6-5-10-16(17)19(22)23/h3-6,8-13H,2,7H2,1H3,(H,20,21)(H,22,23). The Morgan fingerprint density at radius 3 is 2.52 bits per heavy atom. The van der Waals surface area contributed by atoms with Crippen LogP contribution in [-0.2, 0) is 11.2 Å². The van der Waals surface area contributed by atoms with Gasteiger partial charge in [-0.2, -0.15) is 0 Å². The summed E-state index contributed by atoms with van der Waals surface area (Å²) in [5.41, 5.74) is 2.54. The first-order valence-electron chi connectivity index (χ1n) is 7.51. The van der Waals surface area contributed by atoms with Crippen molar-refractivity contribution < 1.29 is 14.7 Å².